The number of hydrogen-bond donors (Lipinski definition) is 2. The molecule has 1 aromatic carbocycles. The van der Waals surface area contributed by atoms with E-state index in [2.05, 4.69) is 23.9 Å². The van der Waals surface area contributed by atoms with Crippen molar-refractivity contribution in [2.24, 2.45) is 5.92 Å². The summed E-state index contributed by atoms with van der Waals surface area (Å²) in [5.41, 5.74) is 0.767. The summed E-state index contributed by atoms with van der Waals surface area (Å²) in [5, 5.41) is 12.7. The number of halogens is 2. The van der Waals surface area contributed by atoms with Crippen LogP contribution in [0.2, 0.25) is 0 Å². The summed E-state index contributed by atoms with van der Waals surface area (Å²) >= 11 is 0. The normalized spacial score (nSPS) is 12.8. The Hall–Kier alpha value is -1.40. The number of aliphatic hydroxyl groups excluding tert-OH is 1. The molecule has 1 atom stereocenters. The van der Waals surface area contributed by atoms with E-state index < -0.39 is 6.61 Å². The van der Waals surface area contributed by atoms with Crippen molar-refractivity contribution < 1.29 is 23.4 Å². The molecule has 4 nitrogen and oxygen atoms in total. The standard InChI is InChI=1S/C15H23F2NO3/c1-4-20-14-7-11(5-6-13(14)21-15(16)17)12(9-19)18-8-10(2)3/h5-7,10,12,15,18-19H,4,8-9H2,1-3H3. The Bertz CT molecular complexity index is 427. The Morgan fingerprint density at radius 3 is 2.48 bits per heavy atom. The third-order valence-corrected chi connectivity index (χ3v) is 2.84. The highest BCUT2D eigenvalue weighted by Crippen LogP contribution is 2.31. The van der Waals surface area contributed by atoms with E-state index in [0.29, 0.717) is 12.5 Å². The molecular formula is C15H23F2NO3. The van der Waals surface area contributed by atoms with Gasteiger partial charge in [0.05, 0.1) is 19.3 Å². The molecule has 0 saturated carbocycles. The number of alkyl halides is 2. The fraction of sp³-hybridized carbons (Fsp3) is 0.600. The Balaban J connectivity index is 2.93. The Kier molecular flexibility index (Phi) is 7.39. The van der Waals surface area contributed by atoms with E-state index in [9.17, 15) is 13.9 Å². The predicted molar refractivity (Wildman–Crippen MR) is 76.9 cm³/mol. The second kappa shape index (κ2) is 8.79. The van der Waals surface area contributed by atoms with Crippen LogP contribution in [0.5, 0.6) is 11.5 Å². The minimum atomic E-state index is -2.90. The SMILES string of the molecule is CCOc1cc(C(CO)NCC(C)C)ccc1OC(F)F. The van der Waals surface area contributed by atoms with Gasteiger partial charge in [-0.2, -0.15) is 8.78 Å². The zero-order valence-corrected chi connectivity index (χ0v) is 12.6. The van der Waals surface area contributed by atoms with Gasteiger partial charge in [0.15, 0.2) is 11.5 Å². The summed E-state index contributed by atoms with van der Waals surface area (Å²) in [6, 6.07) is 4.43. The monoisotopic (exact) mass is 303 g/mol. The van der Waals surface area contributed by atoms with Crippen molar-refractivity contribution in [1.82, 2.24) is 5.32 Å². The number of nitrogens with one attached hydrogen (secondary N) is 1. The van der Waals surface area contributed by atoms with Gasteiger partial charge in [-0.25, -0.2) is 0 Å². The van der Waals surface area contributed by atoms with Gasteiger partial charge in [-0.05, 0) is 37.1 Å². The summed E-state index contributed by atoms with van der Waals surface area (Å²) < 4.78 is 34.4. The van der Waals surface area contributed by atoms with E-state index >= 15 is 0 Å². The van der Waals surface area contributed by atoms with E-state index in [-0.39, 0.29) is 24.1 Å². The molecular weight excluding hydrogens is 280 g/mol. The predicted octanol–water partition coefficient (Wildman–Crippen LogP) is 2.97. The van der Waals surface area contributed by atoms with Crippen molar-refractivity contribution in [2.75, 3.05) is 19.8 Å². The quantitative estimate of drug-likeness (QED) is 0.736. The average Bonchev–Trinajstić information content (AvgIpc) is 2.41. The maximum absolute atomic E-state index is 12.3. The number of hydrogen-bond acceptors (Lipinski definition) is 4. The summed E-state index contributed by atoms with van der Waals surface area (Å²) in [4.78, 5) is 0. The summed E-state index contributed by atoms with van der Waals surface area (Å²) in [7, 11) is 0. The largest absolute Gasteiger partial charge is 0.490 e. The van der Waals surface area contributed by atoms with Gasteiger partial charge in [-0.15, -0.1) is 0 Å². The molecule has 1 rings (SSSR count). The molecule has 0 aliphatic rings. The minimum absolute atomic E-state index is 0.00357. The lowest BCUT2D eigenvalue weighted by Crippen LogP contribution is -2.28. The molecule has 21 heavy (non-hydrogen) atoms. The fourth-order valence-corrected chi connectivity index (χ4v) is 1.87. The van der Waals surface area contributed by atoms with E-state index in [1.54, 1.807) is 19.1 Å². The molecule has 0 aliphatic carbocycles. The first-order chi connectivity index (χ1) is 9.97. The lowest BCUT2D eigenvalue weighted by molar-refractivity contribution is -0.0514. The van der Waals surface area contributed by atoms with Crippen LogP contribution in [0, 0.1) is 5.92 Å². The molecule has 0 fully saturated rings. The molecule has 0 saturated heterocycles. The second-order valence-corrected chi connectivity index (χ2v) is 5.05. The van der Waals surface area contributed by atoms with Gasteiger partial charge in [0.2, 0.25) is 0 Å². The van der Waals surface area contributed by atoms with Crippen LogP contribution in [0.3, 0.4) is 0 Å². The van der Waals surface area contributed by atoms with E-state index in [0.717, 1.165) is 12.1 Å². The molecule has 0 radical (unpaired) electrons. The molecule has 2 N–H and O–H groups in total. The Morgan fingerprint density at radius 1 is 1.24 bits per heavy atom. The van der Waals surface area contributed by atoms with Gasteiger partial charge in [0, 0.05) is 0 Å². The van der Waals surface area contributed by atoms with Crippen LogP contribution in [0.1, 0.15) is 32.4 Å². The fourth-order valence-electron chi connectivity index (χ4n) is 1.87. The third kappa shape index (κ3) is 5.85. The van der Waals surface area contributed by atoms with Crippen LogP contribution in [-0.4, -0.2) is 31.5 Å². The van der Waals surface area contributed by atoms with Crippen LogP contribution >= 0.6 is 0 Å². The van der Waals surface area contributed by atoms with Gasteiger partial charge < -0.3 is 19.9 Å². The van der Waals surface area contributed by atoms with Crippen molar-refractivity contribution in [3.05, 3.63) is 23.8 Å². The topological polar surface area (TPSA) is 50.7 Å². The van der Waals surface area contributed by atoms with Crippen molar-refractivity contribution in [3.8, 4) is 11.5 Å². The first-order valence-corrected chi connectivity index (χ1v) is 7.03. The van der Waals surface area contributed by atoms with Crippen molar-refractivity contribution in [2.45, 2.75) is 33.4 Å². The number of rotatable bonds is 9. The molecule has 0 heterocycles. The Labute approximate surface area is 124 Å². The summed E-state index contributed by atoms with van der Waals surface area (Å²) in [5.74, 6) is 0.683. The smallest absolute Gasteiger partial charge is 0.387 e. The van der Waals surface area contributed by atoms with E-state index in [1.165, 1.54) is 6.07 Å². The molecule has 0 aromatic heterocycles. The lowest BCUT2D eigenvalue weighted by atomic mass is 10.1. The Morgan fingerprint density at radius 2 is 1.95 bits per heavy atom. The molecule has 0 bridgehead atoms. The molecule has 0 aliphatic heterocycles. The van der Waals surface area contributed by atoms with Crippen LogP contribution in [0.15, 0.2) is 18.2 Å². The lowest BCUT2D eigenvalue weighted by Gasteiger charge is -2.20. The van der Waals surface area contributed by atoms with Crippen molar-refractivity contribution >= 4 is 0 Å². The highest BCUT2D eigenvalue weighted by Gasteiger charge is 2.16. The van der Waals surface area contributed by atoms with Crippen molar-refractivity contribution in [1.29, 1.82) is 0 Å². The molecule has 0 spiro atoms. The maximum atomic E-state index is 12.3. The summed E-state index contributed by atoms with van der Waals surface area (Å²) in [6.45, 7) is 3.98. The van der Waals surface area contributed by atoms with Crippen LogP contribution in [0.25, 0.3) is 0 Å². The first kappa shape index (κ1) is 17.7. The molecule has 120 valence electrons. The number of ether oxygens (including phenoxy) is 2. The molecule has 6 heteroatoms. The van der Waals surface area contributed by atoms with Gasteiger partial charge in [-0.3, -0.25) is 0 Å². The molecule has 0 amide bonds. The van der Waals surface area contributed by atoms with Crippen LogP contribution in [-0.2, 0) is 0 Å². The van der Waals surface area contributed by atoms with Gasteiger partial charge >= 0.3 is 6.61 Å². The van der Waals surface area contributed by atoms with Gasteiger partial charge in [0.25, 0.3) is 0 Å². The van der Waals surface area contributed by atoms with Gasteiger partial charge in [-0.1, -0.05) is 19.9 Å². The molecule has 1 aromatic rings. The number of aliphatic hydroxyl groups is 1. The second-order valence-electron chi connectivity index (χ2n) is 5.05. The van der Waals surface area contributed by atoms with Crippen LogP contribution < -0.4 is 14.8 Å². The zero-order chi connectivity index (χ0) is 15.8. The minimum Gasteiger partial charge on any atom is -0.490 e. The summed E-state index contributed by atoms with van der Waals surface area (Å²) in [6.07, 6.45) is 0. The average molecular weight is 303 g/mol. The number of benzene rings is 1. The van der Waals surface area contributed by atoms with Gasteiger partial charge in [0.1, 0.15) is 0 Å². The van der Waals surface area contributed by atoms with E-state index in [1.807, 2.05) is 0 Å². The highest BCUT2D eigenvalue weighted by molar-refractivity contribution is 5.44. The first-order valence-electron chi connectivity index (χ1n) is 7.03. The third-order valence-electron chi connectivity index (χ3n) is 2.84. The zero-order valence-electron chi connectivity index (χ0n) is 12.6. The molecule has 1 unspecified atom stereocenters. The maximum Gasteiger partial charge on any atom is 0.387 e. The van der Waals surface area contributed by atoms with Crippen LogP contribution in [0.4, 0.5) is 8.78 Å². The highest BCUT2D eigenvalue weighted by atomic mass is 19.3. The van der Waals surface area contributed by atoms with Crippen molar-refractivity contribution in [3.63, 3.8) is 0 Å². The van der Waals surface area contributed by atoms with E-state index in [4.69, 9.17) is 4.74 Å².